The quantitative estimate of drug-likeness (QED) is 0.461. The third-order valence-electron chi connectivity index (χ3n) is 2.56. The number of esters is 1. The fourth-order valence-electron chi connectivity index (χ4n) is 1.57. The van der Waals surface area contributed by atoms with Gasteiger partial charge in [-0.25, -0.2) is 9.18 Å². The summed E-state index contributed by atoms with van der Waals surface area (Å²) in [6.45, 7) is 8.72. The van der Waals surface area contributed by atoms with Gasteiger partial charge in [-0.05, 0) is 44.5 Å². The first-order chi connectivity index (χ1) is 8.39. The van der Waals surface area contributed by atoms with Crippen LogP contribution >= 0.6 is 0 Å². The Morgan fingerprint density at radius 1 is 1.39 bits per heavy atom. The van der Waals surface area contributed by atoms with Crippen molar-refractivity contribution >= 4 is 5.97 Å². The van der Waals surface area contributed by atoms with Gasteiger partial charge in [-0.1, -0.05) is 24.8 Å². The molecule has 3 heteroatoms. The summed E-state index contributed by atoms with van der Waals surface area (Å²) in [4.78, 5) is 11.6. The van der Waals surface area contributed by atoms with Crippen molar-refractivity contribution in [3.63, 3.8) is 0 Å². The van der Waals surface area contributed by atoms with E-state index in [4.69, 9.17) is 4.74 Å². The summed E-state index contributed by atoms with van der Waals surface area (Å²) in [5.41, 5.74) is 0.114. The van der Waals surface area contributed by atoms with Crippen LogP contribution < -0.4 is 0 Å². The van der Waals surface area contributed by atoms with Crippen LogP contribution in [0.3, 0.4) is 0 Å². The third-order valence-corrected chi connectivity index (χ3v) is 2.56. The summed E-state index contributed by atoms with van der Waals surface area (Å²) in [7, 11) is 0. The van der Waals surface area contributed by atoms with E-state index in [-0.39, 0.29) is 5.82 Å². The molecule has 1 rings (SSSR count). The van der Waals surface area contributed by atoms with Crippen molar-refractivity contribution in [2.24, 2.45) is 0 Å². The number of carbonyl (C=O) groups excluding carboxylic acids is 1. The molecule has 2 nitrogen and oxygen atoms in total. The van der Waals surface area contributed by atoms with E-state index in [1.54, 1.807) is 38.1 Å². The second kappa shape index (κ2) is 5.63. The Hall–Kier alpha value is -1.90. The van der Waals surface area contributed by atoms with Gasteiger partial charge in [0.15, 0.2) is 5.60 Å². The minimum absolute atomic E-state index is 0.326. The van der Waals surface area contributed by atoms with Gasteiger partial charge in [0.05, 0.1) is 0 Å². The smallest absolute Gasteiger partial charge is 0.334 e. The van der Waals surface area contributed by atoms with Crippen molar-refractivity contribution in [3.8, 4) is 0 Å². The summed E-state index contributed by atoms with van der Waals surface area (Å²) >= 11 is 0. The van der Waals surface area contributed by atoms with Gasteiger partial charge in [0.1, 0.15) is 5.82 Å². The highest BCUT2D eigenvalue weighted by Crippen LogP contribution is 2.28. The van der Waals surface area contributed by atoms with E-state index in [1.807, 2.05) is 6.92 Å². The molecule has 0 N–H and O–H groups in total. The topological polar surface area (TPSA) is 26.3 Å². The number of ether oxygens (including phenoxy) is 1. The zero-order valence-electron chi connectivity index (χ0n) is 10.9. The molecule has 0 spiro atoms. The molecule has 96 valence electrons. The van der Waals surface area contributed by atoms with Crippen LogP contribution in [0, 0.1) is 5.82 Å². The van der Waals surface area contributed by atoms with Crippen molar-refractivity contribution in [1.29, 1.82) is 0 Å². The van der Waals surface area contributed by atoms with Crippen molar-refractivity contribution in [1.82, 2.24) is 0 Å². The van der Waals surface area contributed by atoms with E-state index in [0.29, 0.717) is 11.1 Å². The first-order valence-electron chi connectivity index (χ1n) is 5.68. The molecule has 0 heterocycles. The van der Waals surface area contributed by atoms with Gasteiger partial charge in [0, 0.05) is 5.57 Å². The largest absolute Gasteiger partial charge is 0.447 e. The maximum atomic E-state index is 12.9. The summed E-state index contributed by atoms with van der Waals surface area (Å²) in [5, 5.41) is 0. The molecule has 0 aromatic heterocycles. The van der Waals surface area contributed by atoms with E-state index in [0.717, 1.165) is 0 Å². The van der Waals surface area contributed by atoms with E-state index < -0.39 is 11.6 Å². The summed E-state index contributed by atoms with van der Waals surface area (Å²) in [5.74, 6) is -0.798. The minimum atomic E-state index is -0.918. The van der Waals surface area contributed by atoms with Gasteiger partial charge in [0.2, 0.25) is 0 Å². The maximum absolute atomic E-state index is 12.9. The zero-order valence-corrected chi connectivity index (χ0v) is 10.9. The van der Waals surface area contributed by atoms with E-state index in [9.17, 15) is 9.18 Å². The first kappa shape index (κ1) is 14.2. The fourth-order valence-corrected chi connectivity index (χ4v) is 1.57. The van der Waals surface area contributed by atoms with Crippen LogP contribution in [0.25, 0.3) is 0 Å². The number of allylic oxidation sites excluding steroid dienone is 1. The monoisotopic (exact) mass is 248 g/mol. The van der Waals surface area contributed by atoms with Gasteiger partial charge in [-0.15, -0.1) is 0 Å². The first-order valence-corrected chi connectivity index (χ1v) is 5.68. The van der Waals surface area contributed by atoms with Crippen molar-refractivity contribution < 1.29 is 13.9 Å². The van der Waals surface area contributed by atoms with Gasteiger partial charge in [-0.3, -0.25) is 0 Å². The van der Waals surface area contributed by atoms with Crippen molar-refractivity contribution in [2.75, 3.05) is 0 Å². The van der Waals surface area contributed by atoms with Crippen LogP contribution in [-0.2, 0) is 15.1 Å². The Labute approximate surface area is 107 Å². The molecule has 0 saturated heterocycles. The van der Waals surface area contributed by atoms with Crippen LogP contribution in [0.1, 0.15) is 26.3 Å². The molecule has 0 aliphatic carbocycles. The standard InChI is InChI=1S/C15H17FO2/c1-5-10-15(4,18-14(17)11(2)3)12-6-8-13(16)9-7-12/h5-10H,2H2,1,3-4H3. The highest BCUT2D eigenvalue weighted by atomic mass is 19.1. The Balaban J connectivity index is 3.10. The minimum Gasteiger partial charge on any atom is -0.447 e. The molecule has 0 radical (unpaired) electrons. The van der Waals surface area contributed by atoms with Gasteiger partial charge in [-0.2, -0.15) is 0 Å². The summed E-state index contributed by atoms with van der Waals surface area (Å²) in [6, 6.07) is 5.87. The SMILES string of the molecule is C=C(C)C(=O)OC(C)(C=CC)c1ccc(F)cc1. The average Bonchev–Trinajstić information content (AvgIpc) is 2.29. The zero-order chi connectivity index (χ0) is 13.8. The summed E-state index contributed by atoms with van der Waals surface area (Å²) < 4.78 is 18.3. The predicted octanol–water partition coefficient (Wildman–Crippen LogP) is 3.74. The number of rotatable bonds is 4. The number of carbonyl (C=O) groups is 1. The molecular formula is C15H17FO2. The molecule has 1 unspecified atom stereocenters. The van der Waals surface area contributed by atoms with E-state index in [1.165, 1.54) is 12.1 Å². The molecular weight excluding hydrogens is 231 g/mol. The number of hydrogen-bond donors (Lipinski definition) is 0. The lowest BCUT2D eigenvalue weighted by molar-refractivity contribution is -0.149. The summed E-state index contributed by atoms with van der Waals surface area (Å²) in [6.07, 6.45) is 3.54. The van der Waals surface area contributed by atoms with Crippen molar-refractivity contribution in [3.05, 3.63) is 60.0 Å². The maximum Gasteiger partial charge on any atom is 0.334 e. The lowest BCUT2D eigenvalue weighted by Crippen LogP contribution is -2.27. The lowest BCUT2D eigenvalue weighted by Gasteiger charge is -2.27. The van der Waals surface area contributed by atoms with Crippen LogP contribution in [0.5, 0.6) is 0 Å². The highest BCUT2D eigenvalue weighted by molar-refractivity contribution is 5.87. The van der Waals surface area contributed by atoms with E-state index >= 15 is 0 Å². The molecule has 0 bridgehead atoms. The predicted molar refractivity (Wildman–Crippen MR) is 69.5 cm³/mol. The van der Waals surface area contributed by atoms with Crippen LogP contribution in [0.15, 0.2) is 48.6 Å². The lowest BCUT2D eigenvalue weighted by atomic mass is 9.95. The Morgan fingerprint density at radius 3 is 2.39 bits per heavy atom. The molecule has 0 amide bonds. The molecule has 0 aliphatic rings. The second-order valence-corrected chi connectivity index (χ2v) is 4.28. The van der Waals surface area contributed by atoms with Gasteiger partial charge >= 0.3 is 5.97 Å². The number of halogens is 1. The van der Waals surface area contributed by atoms with Crippen LogP contribution in [-0.4, -0.2) is 5.97 Å². The molecule has 0 aliphatic heterocycles. The molecule has 1 aromatic carbocycles. The van der Waals surface area contributed by atoms with Crippen LogP contribution in [0.4, 0.5) is 4.39 Å². The second-order valence-electron chi connectivity index (χ2n) is 4.28. The normalized spacial score (nSPS) is 14.2. The van der Waals surface area contributed by atoms with E-state index in [2.05, 4.69) is 6.58 Å². The molecule has 1 atom stereocenters. The molecule has 1 aromatic rings. The Morgan fingerprint density at radius 2 is 1.94 bits per heavy atom. The molecule has 0 fully saturated rings. The third kappa shape index (κ3) is 3.29. The molecule has 18 heavy (non-hydrogen) atoms. The van der Waals surface area contributed by atoms with Crippen molar-refractivity contribution in [2.45, 2.75) is 26.4 Å². The highest BCUT2D eigenvalue weighted by Gasteiger charge is 2.28. The fraction of sp³-hybridized carbons (Fsp3) is 0.267. The average molecular weight is 248 g/mol. The van der Waals surface area contributed by atoms with Crippen LogP contribution in [0.2, 0.25) is 0 Å². The molecule has 0 saturated carbocycles. The van der Waals surface area contributed by atoms with Gasteiger partial charge in [0.25, 0.3) is 0 Å². The number of benzene rings is 1. The Bertz CT molecular complexity index is 474. The van der Waals surface area contributed by atoms with Gasteiger partial charge < -0.3 is 4.74 Å². The number of hydrogen-bond acceptors (Lipinski definition) is 2. The Kier molecular flexibility index (Phi) is 4.43.